The average Bonchev–Trinajstić information content (AvgIpc) is 2.64. The maximum absolute atomic E-state index is 5.80. The maximum atomic E-state index is 5.80. The van der Waals surface area contributed by atoms with Crippen LogP contribution in [0.15, 0.2) is 18.3 Å². The van der Waals surface area contributed by atoms with Crippen molar-refractivity contribution < 1.29 is 0 Å². The Bertz CT molecular complexity index is 538. The van der Waals surface area contributed by atoms with E-state index in [1.807, 2.05) is 36.9 Å². The first-order valence-corrected chi connectivity index (χ1v) is 6.31. The van der Waals surface area contributed by atoms with Gasteiger partial charge in [0, 0.05) is 11.7 Å². The van der Waals surface area contributed by atoms with Crippen molar-refractivity contribution in [3.05, 3.63) is 41.0 Å². The Morgan fingerprint density at radius 2 is 2.06 bits per heavy atom. The summed E-state index contributed by atoms with van der Waals surface area (Å²) in [5.74, 6) is 0. The van der Waals surface area contributed by atoms with Gasteiger partial charge in [-0.25, -0.2) is 4.68 Å². The Balaban J connectivity index is 2.43. The van der Waals surface area contributed by atoms with Crippen molar-refractivity contribution in [2.45, 2.75) is 40.2 Å². The summed E-state index contributed by atoms with van der Waals surface area (Å²) in [5, 5.41) is 4.57. The van der Waals surface area contributed by atoms with Gasteiger partial charge in [0.05, 0.1) is 23.3 Å². The van der Waals surface area contributed by atoms with Crippen LogP contribution in [0, 0.1) is 13.8 Å². The molecule has 2 aromatic heterocycles. The van der Waals surface area contributed by atoms with Crippen molar-refractivity contribution in [1.29, 1.82) is 0 Å². The lowest BCUT2D eigenvalue weighted by molar-refractivity contribution is 0.770. The van der Waals surface area contributed by atoms with Crippen molar-refractivity contribution in [2.75, 3.05) is 0 Å². The van der Waals surface area contributed by atoms with Crippen molar-refractivity contribution >= 4 is 0 Å². The quantitative estimate of drug-likeness (QED) is 0.902. The van der Waals surface area contributed by atoms with Crippen LogP contribution in [0.2, 0.25) is 0 Å². The van der Waals surface area contributed by atoms with Crippen molar-refractivity contribution in [3.63, 3.8) is 0 Å². The van der Waals surface area contributed by atoms with Crippen LogP contribution in [0.1, 0.15) is 42.5 Å². The number of rotatable bonds is 3. The molecule has 0 saturated heterocycles. The van der Waals surface area contributed by atoms with E-state index in [9.17, 15) is 0 Å². The molecule has 2 rings (SSSR count). The number of nitrogens with zero attached hydrogens (tertiary/aromatic N) is 3. The van der Waals surface area contributed by atoms with Crippen molar-refractivity contribution in [1.82, 2.24) is 14.8 Å². The molecule has 1 unspecified atom stereocenters. The molecule has 2 aromatic rings. The first-order chi connectivity index (χ1) is 8.54. The SMILES string of the molecule is CCc1c(C)nn(-c2ccc(C(C)N)nc2)c1C. The summed E-state index contributed by atoms with van der Waals surface area (Å²) >= 11 is 0. The van der Waals surface area contributed by atoms with E-state index in [0.29, 0.717) is 0 Å². The zero-order valence-electron chi connectivity index (χ0n) is 11.4. The molecule has 4 heteroatoms. The number of nitrogens with two attached hydrogens (primary N) is 1. The lowest BCUT2D eigenvalue weighted by Crippen LogP contribution is -2.08. The van der Waals surface area contributed by atoms with Gasteiger partial charge in [-0.1, -0.05) is 6.92 Å². The number of aromatic nitrogens is 3. The smallest absolute Gasteiger partial charge is 0.0832 e. The maximum Gasteiger partial charge on any atom is 0.0832 e. The molecule has 2 N–H and O–H groups in total. The predicted octanol–water partition coefficient (Wildman–Crippen LogP) is 2.47. The molecule has 0 bridgehead atoms. The molecule has 4 nitrogen and oxygen atoms in total. The van der Waals surface area contributed by atoms with E-state index in [4.69, 9.17) is 5.73 Å². The minimum Gasteiger partial charge on any atom is -0.323 e. The van der Waals surface area contributed by atoms with Crippen LogP contribution < -0.4 is 5.73 Å². The fourth-order valence-electron chi connectivity index (χ4n) is 2.23. The number of hydrogen-bond acceptors (Lipinski definition) is 3. The summed E-state index contributed by atoms with van der Waals surface area (Å²) in [5.41, 5.74) is 11.3. The molecule has 0 aliphatic carbocycles. The fourth-order valence-corrected chi connectivity index (χ4v) is 2.23. The molecular weight excluding hydrogens is 224 g/mol. The van der Waals surface area contributed by atoms with Crippen molar-refractivity contribution in [2.24, 2.45) is 5.73 Å². The summed E-state index contributed by atoms with van der Waals surface area (Å²) in [6, 6.07) is 3.94. The number of aryl methyl sites for hydroxylation is 1. The molecule has 2 heterocycles. The van der Waals surface area contributed by atoms with E-state index in [0.717, 1.165) is 23.5 Å². The van der Waals surface area contributed by atoms with Crippen molar-refractivity contribution in [3.8, 4) is 5.69 Å². The highest BCUT2D eigenvalue weighted by molar-refractivity contribution is 5.36. The molecule has 1 atom stereocenters. The van der Waals surface area contributed by atoms with Crippen LogP contribution in [0.4, 0.5) is 0 Å². The Labute approximate surface area is 108 Å². The van der Waals surface area contributed by atoms with Gasteiger partial charge < -0.3 is 5.73 Å². The van der Waals surface area contributed by atoms with E-state index in [1.165, 1.54) is 11.3 Å². The molecule has 0 aliphatic heterocycles. The first-order valence-electron chi connectivity index (χ1n) is 6.31. The number of hydrogen-bond donors (Lipinski definition) is 1. The lowest BCUT2D eigenvalue weighted by Gasteiger charge is -2.07. The van der Waals surface area contributed by atoms with Crippen LogP contribution in [-0.2, 0) is 6.42 Å². The van der Waals surface area contributed by atoms with E-state index < -0.39 is 0 Å². The molecule has 0 amide bonds. The molecule has 0 aliphatic rings. The Morgan fingerprint density at radius 1 is 1.33 bits per heavy atom. The van der Waals surface area contributed by atoms with Gasteiger partial charge >= 0.3 is 0 Å². The van der Waals surface area contributed by atoms with Gasteiger partial charge in [0.15, 0.2) is 0 Å². The summed E-state index contributed by atoms with van der Waals surface area (Å²) in [4.78, 5) is 4.37. The van der Waals surface area contributed by atoms with Crippen LogP contribution in [0.3, 0.4) is 0 Å². The Morgan fingerprint density at radius 3 is 2.50 bits per heavy atom. The molecule has 96 valence electrons. The largest absolute Gasteiger partial charge is 0.323 e. The Hall–Kier alpha value is -1.68. The van der Waals surface area contributed by atoms with Gasteiger partial charge in [0.2, 0.25) is 0 Å². The highest BCUT2D eigenvalue weighted by Crippen LogP contribution is 2.18. The highest BCUT2D eigenvalue weighted by Gasteiger charge is 2.11. The van der Waals surface area contributed by atoms with E-state index >= 15 is 0 Å². The lowest BCUT2D eigenvalue weighted by atomic mass is 10.1. The van der Waals surface area contributed by atoms with Gasteiger partial charge in [-0.3, -0.25) is 4.98 Å². The number of pyridine rings is 1. The Kier molecular flexibility index (Phi) is 3.48. The summed E-state index contributed by atoms with van der Waals surface area (Å²) in [7, 11) is 0. The van der Waals surface area contributed by atoms with Gasteiger partial charge in [0.25, 0.3) is 0 Å². The zero-order chi connectivity index (χ0) is 13.3. The second-order valence-corrected chi connectivity index (χ2v) is 4.64. The third-order valence-corrected chi connectivity index (χ3v) is 3.28. The van der Waals surface area contributed by atoms with Crippen LogP contribution >= 0.6 is 0 Å². The normalized spacial score (nSPS) is 12.7. The minimum absolute atomic E-state index is 0.0364. The second-order valence-electron chi connectivity index (χ2n) is 4.64. The average molecular weight is 244 g/mol. The second kappa shape index (κ2) is 4.90. The van der Waals surface area contributed by atoms with E-state index in [2.05, 4.69) is 23.9 Å². The predicted molar refractivity (Wildman–Crippen MR) is 72.8 cm³/mol. The molecule has 0 aromatic carbocycles. The van der Waals surface area contributed by atoms with Gasteiger partial charge in [-0.2, -0.15) is 5.10 Å². The molecular formula is C14H20N4. The minimum atomic E-state index is -0.0364. The first kappa shape index (κ1) is 12.8. The summed E-state index contributed by atoms with van der Waals surface area (Å²) in [6.07, 6.45) is 2.83. The fraction of sp³-hybridized carbons (Fsp3) is 0.429. The molecule has 0 fully saturated rings. The summed E-state index contributed by atoms with van der Waals surface area (Å²) in [6.45, 7) is 8.23. The topological polar surface area (TPSA) is 56.7 Å². The third-order valence-electron chi connectivity index (χ3n) is 3.28. The molecule has 18 heavy (non-hydrogen) atoms. The van der Waals surface area contributed by atoms with E-state index in [-0.39, 0.29) is 6.04 Å². The van der Waals surface area contributed by atoms with Gasteiger partial charge in [0.1, 0.15) is 0 Å². The molecule has 0 saturated carbocycles. The monoisotopic (exact) mass is 244 g/mol. The van der Waals surface area contributed by atoms with Crippen LogP contribution in [0.5, 0.6) is 0 Å². The highest BCUT2D eigenvalue weighted by atomic mass is 15.3. The van der Waals surface area contributed by atoms with Crippen LogP contribution in [0.25, 0.3) is 5.69 Å². The third kappa shape index (κ3) is 2.16. The standard InChI is InChI=1S/C14H20N4/c1-5-13-10(3)17-18(11(13)4)12-6-7-14(9(2)15)16-8-12/h6-9H,5,15H2,1-4H3. The van der Waals surface area contributed by atoms with Gasteiger partial charge in [-0.15, -0.1) is 0 Å². The summed E-state index contributed by atoms with van der Waals surface area (Å²) < 4.78 is 1.95. The van der Waals surface area contributed by atoms with Gasteiger partial charge in [-0.05, 0) is 44.9 Å². The van der Waals surface area contributed by atoms with E-state index in [1.54, 1.807) is 0 Å². The molecule has 0 radical (unpaired) electrons. The zero-order valence-corrected chi connectivity index (χ0v) is 11.4. The molecule has 0 spiro atoms. The van der Waals surface area contributed by atoms with Crippen LogP contribution in [-0.4, -0.2) is 14.8 Å².